The quantitative estimate of drug-likeness (QED) is 0.164. The molecular weight excluding hydrogens is 500 g/mol. The highest BCUT2D eigenvalue weighted by Gasteiger charge is 2.16. The smallest absolute Gasteiger partial charge is 0.314 e. The molecule has 1 heterocycles. The number of halogens is 1. The van der Waals surface area contributed by atoms with E-state index >= 15 is 0 Å². The van der Waals surface area contributed by atoms with E-state index in [1.54, 1.807) is 55.5 Å². The average Bonchev–Trinajstić information content (AvgIpc) is 2.88. The van der Waals surface area contributed by atoms with E-state index in [2.05, 4.69) is 25.9 Å². The minimum atomic E-state index is -0.959. The van der Waals surface area contributed by atoms with Crippen LogP contribution in [0.2, 0.25) is 5.02 Å². The molecule has 4 N–H and O–H groups in total. The fourth-order valence-electron chi connectivity index (χ4n) is 3.33. The number of hydrogen-bond acceptors (Lipinski definition) is 7. The Morgan fingerprint density at radius 2 is 1.54 bits per heavy atom. The van der Waals surface area contributed by atoms with Crippen LogP contribution >= 0.6 is 11.6 Å². The molecule has 0 radical (unpaired) electrons. The monoisotopic (exact) mass is 518 g/mol. The van der Waals surface area contributed by atoms with Gasteiger partial charge in [0.25, 0.3) is 11.2 Å². The number of hydrogen-bond donors (Lipinski definition) is 4. The number of H-pyrrole nitrogens is 1. The third-order valence-electron chi connectivity index (χ3n) is 5.19. The maximum absolute atomic E-state index is 12.5. The van der Waals surface area contributed by atoms with Crippen molar-refractivity contribution in [3.05, 3.63) is 104 Å². The average molecular weight is 519 g/mol. The molecule has 0 spiro atoms. The number of aromatic nitrogens is 2. The topological polar surface area (TPSA) is 159 Å². The van der Waals surface area contributed by atoms with Gasteiger partial charge in [0, 0.05) is 45.3 Å². The molecular formula is C25H19ClN6O5. The molecule has 0 aliphatic carbocycles. The largest absolute Gasteiger partial charge is 0.326 e. The van der Waals surface area contributed by atoms with Crippen LogP contribution < -0.4 is 21.5 Å². The lowest BCUT2D eigenvalue weighted by Crippen LogP contribution is -2.29. The Kier molecular flexibility index (Phi) is 7.26. The summed E-state index contributed by atoms with van der Waals surface area (Å²) in [5, 5.41) is 19.2. The molecule has 37 heavy (non-hydrogen) atoms. The second-order valence-corrected chi connectivity index (χ2v) is 8.25. The van der Waals surface area contributed by atoms with Crippen molar-refractivity contribution in [3.63, 3.8) is 0 Å². The summed E-state index contributed by atoms with van der Waals surface area (Å²) in [6, 6.07) is 18.5. The molecule has 0 saturated carbocycles. The van der Waals surface area contributed by atoms with Gasteiger partial charge < -0.3 is 16.0 Å². The summed E-state index contributed by atoms with van der Waals surface area (Å²) in [6.45, 7) is 1.62. The number of amides is 2. The van der Waals surface area contributed by atoms with Crippen molar-refractivity contribution in [2.45, 2.75) is 6.92 Å². The van der Waals surface area contributed by atoms with Gasteiger partial charge in [-0.2, -0.15) is 0 Å². The van der Waals surface area contributed by atoms with Gasteiger partial charge in [-0.15, -0.1) is 0 Å². The van der Waals surface area contributed by atoms with Crippen LogP contribution in [0.1, 0.15) is 5.56 Å². The first-order chi connectivity index (χ1) is 17.7. The van der Waals surface area contributed by atoms with Crippen LogP contribution in [0.3, 0.4) is 0 Å². The first-order valence-corrected chi connectivity index (χ1v) is 11.2. The summed E-state index contributed by atoms with van der Waals surface area (Å²) < 4.78 is 0. The Morgan fingerprint density at radius 3 is 2.19 bits per heavy atom. The highest BCUT2D eigenvalue weighted by molar-refractivity contribution is 6.43. The normalized spacial score (nSPS) is 10.4. The molecule has 4 aromatic rings. The summed E-state index contributed by atoms with van der Waals surface area (Å²) >= 11 is 5.91. The number of nitrogens with zero attached hydrogens (tertiary/aromatic N) is 2. The summed E-state index contributed by atoms with van der Waals surface area (Å²) in [7, 11) is 0. The van der Waals surface area contributed by atoms with Gasteiger partial charge in [0.05, 0.1) is 10.6 Å². The maximum atomic E-state index is 12.5. The lowest BCUT2D eigenvalue weighted by Gasteiger charge is -2.11. The Labute approximate surface area is 214 Å². The summed E-state index contributed by atoms with van der Waals surface area (Å²) in [4.78, 5) is 54.6. The molecule has 0 fully saturated rings. The minimum absolute atomic E-state index is 0.144. The third kappa shape index (κ3) is 6.16. The molecule has 4 rings (SSSR count). The predicted octanol–water partition coefficient (Wildman–Crippen LogP) is 4.63. The lowest BCUT2D eigenvalue weighted by molar-refractivity contribution is -0.384. The van der Waals surface area contributed by atoms with Crippen molar-refractivity contribution in [1.29, 1.82) is 0 Å². The predicted molar refractivity (Wildman–Crippen MR) is 140 cm³/mol. The first-order valence-electron chi connectivity index (χ1n) is 10.8. The van der Waals surface area contributed by atoms with Crippen LogP contribution in [0.25, 0.3) is 11.3 Å². The number of non-ortho nitro benzene ring substituents is 1. The Bertz CT molecular complexity index is 1550. The fraction of sp³-hybridized carbons (Fsp3) is 0.0400. The zero-order valence-electron chi connectivity index (χ0n) is 19.2. The van der Waals surface area contributed by atoms with E-state index < -0.39 is 16.7 Å². The van der Waals surface area contributed by atoms with Crippen molar-refractivity contribution in [2.75, 3.05) is 16.0 Å². The van der Waals surface area contributed by atoms with E-state index in [-0.39, 0.29) is 22.9 Å². The van der Waals surface area contributed by atoms with Crippen LogP contribution in [-0.4, -0.2) is 26.7 Å². The van der Waals surface area contributed by atoms with Gasteiger partial charge in [0.1, 0.15) is 0 Å². The number of aromatic amines is 1. The molecule has 11 nitrogen and oxygen atoms in total. The summed E-state index contributed by atoms with van der Waals surface area (Å²) in [6.07, 6.45) is 0. The van der Waals surface area contributed by atoms with Crippen molar-refractivity contribution < 1.29 is 14.5 Å². The number of carbonyl (C=O) groups is 2. The second kappa shape index (κ2) is 10.7. The molecule has 0 saturated heterocycles. The van der Waals surface area contributed by atoms with E-state index in [0.717, 1.165) is 0 Å². The zero-order valence-corrected chi connectivity index (χ0v) is 20.0. The number of benzene rings is 3. The molecule has 12 heteroatoms. The van der Waals surface area contributed by atoms with Gasteiger partial charge in [-0.3, -0.25) is 29.5 Å². The van der Waals surface area contributed by atoms with Crippen LogP contribution in [0.4, 0.5) is 28.7 Å². The molecule has 0 aliphatic rings. The van der Waals surface area contributed by atoms with Crippen molar-refractivity contribution >= 4 is 52.1 Å². The van der Waals surface area contributed by atoms with Gasteiger partial charge in [-0.05, 0) is 55.5 Å². The number of rotatable bonds is 6. The molecule has 186 valence electrons. The standard InChI is InChI=1S/C25H19ClN6O5/c1-14-21(30-25(31-22(14)33)29-18-7-5-16(26)6-8-18)15-3-2-4-19(13-15)28-24(35)23(34)27-17-9-11-20(12-10-17)32(36)37/h2-13H,1H3,(H,27,34)(H,28,35)(H2,29,30,31,33). The Hall–Kier alpha value is -5.03. The molecule has 1 aromatic heterocycles. The molecule has 0 atom stereocenters. The van der Waals surface area contributed by atoms with Crippen molar-refractivity contribution in [3.8, 4) is 11.3 Å². The first kappa shape index (κ1) is 25.1. The number of nitrogens with one attached hydrogen (secondary N) is 4. The lowest BCUT2D eigenvalue weighted by atomic mass is 10.1. The van der Waals surface area contributed by atoms with Gasteiger partial charge in [0.2, 0.25) is 5.95 Å². The van der Waals surface area contributed by atoms with E-state index in [1.165, 1.54) is 24.3 Å². The van der Waals surface area contributed by atoms with Crippen molar-refractivity contribution in [1.82, 2.24) is 9.97 Å². The van der Waals surface area contributed by atoms with E-state index in [4.69, 9.17) is 11.6 Å². The molecule has 0 bridgehead atoms. The van der Waals surface area contributed by atoms with Gasteiger partial charge in [-0.1, -0.05) is 23.7 Å². The molecule has 3 aromatic carbocycles. The zero-order chi connectivity index (χ0) is 26.5. The second-order valence-electron chi connectivity index (χ2n) is 7.81. The van der Waals surface area contributed by atoms with Gasteiger partial charge >= 0.3 is 11.8 Å². The highest BCUT2D eigenvalue weighted by Crippen LogP contribution is 2.25. The maximum Gasteiger partial charge on any atom is 0.314 e. The number of nitro benzene ring substituents is 1. The SMILES string of the molecule is Cc1c(-c2cccc(NC(=O)C(=O)Nc3ccc([N+](=O)[O-])cc3)c2)nc(Nc2ccc(Cl)cc2)[nH]c1=O. The fourth-order valence-corrected chi connectivity index (χ4v) is 3.46. The Morgan fingerprint density at radius 1 is 0.919 bits per heavy atom. The van der Waals surface area contributed by atoms with E-state index in [1.807, 2.05) is 0 Å². The van der Waals surface area contributed by atoms with Gasteiger partial charge in [-0.25, -0.2) is 4.98 Å². The molecule has 2 amide bonds. The Balaban J connectivity index is 1.51. The summed E-state index contributed by atoms with van der Waals surface area (Å²) in [5.41, 5.74) is 1.98. The van der Waals surface area contributed by atoms with Crippen LogP contribution in [-0.2, 0) is 9.59 Å². The highest BCUT2D eigenvalue weighted by atomic mass is 35.5. The number of nitro groups is 1. The van der Waals surface area contributed by atoms with Crippen LogP contribution in [0.5, 0.6) is 0 Å². The van der Waals surface area contributed by atoms with Gasteiger partial charge in [0.15, 0.2) is 0 Å². The number of anilines is 4. The molecule has 0 aliphatic heterocycles. The molecule has 0 unspecified atom stereocenters. The minimum Gasteiger partial charge on any atom is -0.326 e. The van der Waals surface area contributed by atoms with Crippen LogP contribution in [0.15, 0.2) is 77.6 Å². The summed E-state index contributed by atoms with van der Waals surface area (Å²) in [5.74, 6) is -1.69. The van der Waals surface area contributed by atoms with Crippen molar-refractivity contribution in [2.24, 2.45) is 0 Å². The van der Waals surface area contributed by atoms with E-state index in [9.17, 15) is 24.5 Å². The number of carbonyl (C=O) groups excluding carboxylic acids is 2. The van der Waals surface area contributed by atoms with Crippen LogP contribution in [0, 0.1) is 17.0 Å². The third-order valence-corrected chi connectivity index (χ3v) is 5.45. The van der Waals surface area contributed by atoms with E-state index in [0.29, 0.717) is 33.2 Å².